The molecule has 0 atom stereocenters. The van der Waals surface area contributed by atoms with Crippen LogP contribution in [0.2, 0.25) is 0 Å². The summed E-state index contributed by atoms with van der Waals surface area (Å²) in [5.41, 5.74) is 2.38. The first-order valence-corrected chi connectivity index (χ1v) is 4.20. The summed E-state index contributed by atoms with van der Waals surface area (Å²) in [7, 11) is 0. The van der Waals surface area contributed by atoms with Crippen molar-refractivity contribution in [2.75, 3.05) is 0 Å². The standard InChI is InChI=1S/C11H10FN/c1-7-6-10-9(4-3-5-13-10)11(12)8(7)2/h3-6H,1-2H3. The second-order valence-corrected chi connectivity index (χ2v) is 3.20. The molecule has 2 aromatic rings. The third kappa shape index (κ3) is 1.18. The Balaban J connectivity index is 2.94. The fourth-order valence-corrected chi connectivity index (χ4v) is 1.41. The van der Waals surface area contributed by atoms with Crippen LogP contribution in [0.4, 0.5) is 4.39 Å². The van der Waals surface area contributed by atoms with E-state index in [4.69, 9.17) is 0 Å². The molecule has 1 nitrogen and oxygen atoms in total. The summed E-state index contributed by atoms with van der Waals surface area (Å²) in [6.07, 6.45) is 1.68. The van der Waals surface area contributed by atoms with Crippen molar-refractivity contribution in [2.45, 2.75) is 13.8 Å². The molecule has 0 amide bonds. The summed E-state index contributed by atoms with van der Waals surface area (Å²) in [6.45, 7) is 3.68. The van der Waals surface area contributed by atoms with E-state index >= 15 is 0 Å². The first-order valence-electron chi connectivity index (χ1n) is 4.20. The van der Waals surface area contributed by atoms with Crippen LogP contribution in [0.25, 0.3) is 10.9 Å². The molecular weight excluding hydrogens is 165 g/mol. The molecule has 0 fully saturated rings. The summed E-state index contributed by atoms with van der Waals surface area (Å²) < 4.78 is 13.6. The van der Waals surface area contributed by atoms with Crippen molar-refractivity contribution >= 4 is 10.9 Å². The zero-order valence-electron chi connectivity index (χ0n) is 7.63. The third-order valence-electron chi connectivity index (χ3n) is 2.35. The van der Waals surface area contributed by atoms with Gasteiger partial charge in [0.2, 0.25) is 0 Å². The molecule has 0 spiro atoms. The summed E-state index contributed by atoms with van der Waals surface area (Å²) >= 11 is 0. The molecule has 0 aliphatic carbocycles. The highest BCUT2D eigenvalue weighted by molar-refractivity contribution is 5.80. The van der Waals surface area contributed by atoms with Crippen molar-refractivity contribution in [2.24, 2.45) is 0 Å². The molecule has 0 radical (unpaired) electrons. The second kappa shape index (κ2) is 2.80. The number of hydrogen-bond acceptors (Lipinski definition) is 1. The quantitative estimate of drug-likeness (QED) is 0.599. The highest BCUT2D eigenvalue weighted by Crippen LogP contribution is 2.21. The zero-order valence-corrected chi connectivity index (χ0v) is 7.63. The summed E-state index contributed by atoms with van der Waals surface area (Å²) in [6, 6.07) is 5.41. The lowest BCUT2D eigenvalue weighted by Crippen LogP contribution is -1.90. The first kappa shape index (κ1) is 8.17. The predicted molar refractivity (Wildman–Crippen MR) is 51.2 cm³/mol. The zero-order chi connectivity index (χ0) is 9.42. The van der Waals surface area contributed by atoms with Gasteiger partial charge in [0.25, 0.3) is 0 Å². The molecular formula is C11H10FN. The lowest BCUT2D eigenvalue weighted by atomic mass is 10.1. The van der Waals surface area contributed by atoms with Crippen LogP contribution >= 0.6 is 0 Å². The van der Waals surface area contributed by atoms with Crippen LogP contribution in [0.1, 0.15) is 11.1 Å². The number of aryl methyl sites for hydroxylation is 1. The number of rotatable bonds is 0. The van der Waals surface area contributed by atoms with Gasteiger partial charge in [-0.1, -0.05) is 0 Å². The van der Waals surface area contributed by atoms with E-state index in [-0.39, 0.29) is 5.82 Å². The Morgan fingerprint density at radius 2 is 2.08 bits per heavy atom. The van der Waals surface area contributed by atoms with E-state index in [2.05, 4.69) is 4.98 Å². The van der Waals surface area contributed by atoms with Gasteiger partial charge in [-0.2, -0.15) is 0 Å². The molecule has 1 aromatic heterocycles. The van der Waals surface area contributed by atoms with Gasteiger partial charge in [0.05, 0.1) is 5.52 Å². The van der Waals surface area contributed by atoms with Crippen molar-refractivity contribution < 1.29 is 4.39 Å². The Labute approximate surface area is 76.2 Å². The molecule has 0 saturated carbocycles. The molecule has 0 bridgehead atoms. The molecule has 0 aliphatic rings. The fourth-order valence-electron chi connectivity index (χ4n) is 1.41. The number of benzene rings is 1. The van der Waals surface area contributed by atoms with Crippen molar-refractivity contribution in [1.82, 2.24) is 4.98 Å². The number of aromatic nitrogens is 1. The minimum atomic E-state index is -0.150. The van der Waals surface area contributed by atoms with E-state index in [9.17, 15) is 4.39 Å². The van der Waals surface area contributed by atoms with E-state index in [1.807, 2.05) is 13.0 Å². The van der Waals surface area contributed by atoms with Gasteiger partial charge in [0.1, 0.15) is 5.82 Å². The highest BCUT2D eigenvalue weighted by atomic mass is 19.1. The molecule has 0 saturated heterocycles. The minimum absolute atomic E-state index is 0.150. The summed E-state index contributed by atoms with van der Waals surface area (Å²) in [5, 5.41) is 0.602. The third-order valence-corrected chi connectivity index (χ3v) is 2.35. The van der Waals surface area contributed by atoms with Crippen molar-refractivity contribution in [3.8, 4) is 0 Å². The molecule has 1 heterocycles. The molecule has 2 heteroatoms. The van der Waals surface area contributed by atoms with Gasteiger partial charge in [-0.3, -0.25) is 4.98 Å². The number of fused-ring (bicyclic) bond motifs is 1. The van der Waals surface area contributed by atoms with Crippen molar-refractivity contribution in [3.05, 3.63) is 41.3 Å². The van der Waals surface area contributed by atoms with E-state index in [0.29, 0.717) is 10.9 Å². The predicted octanol–water partition coefficient (Wildman–Crippen LogP) is 2.99. The normalized spacial score (nSPS) is 10.7. The Kier molecular flexibility index (Phi) is 1.76. The Bertz CT molecular complexity index is 463. The van der Waals surface area contributed by atoms with Crippen LogP contribution in [0.15, 0.2) is 24.4 Å². The monoisotopic (exact) mass is 175 g/mol. The SMILES string of the molecule is Cc1cc2ncccc2c(F)c1C. The van der Waals surface area contributed by atoms with Gasteiger partial charge in [-0.15, -0.1) is 0 Å². The van der Waals surface area contributed by atoms with E-state index in [1.54, 1.807) is 25.3 Å². The average Bonchev–Trinajstić information content (AvgIpc) is 2.15. The second-order valence-electron chi connectivity index (χ2n) is 3.20. The topological polar surface area (TPSA) is 12.9 Å². The van der Waals surface area contributed by atoms with E-state index in [0.717, 1.165) is 11.1 Å². The Morgan fingerprint density at radius 1 is 1.31 bits per heavy atom. The Hall–Kier alpha value is -1.44. The van der Waals surface area contributed by atoms with Crippen molar-refractivity contribution in [3.63, 3.8) is 0 Å². The maximum Gasteiger partial charge on any atom is 0.135 e. The largest absolute Gasteiger partial charge is 0.256 e. The molecule has 13 heavy (non-hydrogen) atoms. The number of hydrogen-bond donors (Lipinski definition) is 0. The summed E-state index contributed by atoms with van der Waals surface area (Å²) in [5.74, 6) is -0.150. The molecule has 0 aliphatic heterocycles. The maximum absolute atomic E-state index is 13.6. The van der Waals surface area contributed by atoms with Crippen LogP contribution in [-0.2, 0) is 0 Å². The van der Waals surface area contributed by atoms with E-state index < -0.39 is 0 Å². The van der Waals surface area contributed by atoms with Crippen LogP contribution < -0.4 is 0 Å². The Morgan fingerprint density at radius 3 is 2.85 bits per heavy atom. The van der Waals surface area contributed by atoms with Gasteiger partial charge in [0.15, 0.2) is 0 Å². The molecule has 66 valence electrons. The maximum atomic E-state index is 13.6. The van der Waals surface area contributed by atoms with Gasteiger partial charge in [-0.25, -0.2) is 4.39 Å². The van der Waals surface area contributed by atoms with Gasteiger partial charge in [0, 0.05) is 11.6 Å². The molecule has 0 N–H and O–H groups in total. The van der Waals surface area contributed by atoms with Gasteiger partial charge in [-0.05, 0) is 43.2 Å². The fraction of sp³-hybridized carbons (Fsp3) is 0.182. The van der Waals surface area contributed by atoms with Crippen LogP contribution in [0.3, 0.4) is 0 Å². The van der Waals surface area contributed by atoms with Gasteiger partial charge < -0.3 is 0 Å². The smallest absolute Gasteiger partial charge is 0.135 e. The van der Waals surface area contributed by atoms with Crippen LogP contribution in [-0.4, -0.2) is 4.98 Å². The average molecular weight is 175 g/mol. The van der Waals surface area contributed by atoms with Crippen LogP contribution in [0, 0.1) is 19.7 Å². The lowest BCUT2D eigenvalue weighted by Gasteiger charge is -2.04. The first-order chi connectivity index (χ1) is 6.20. The number of pyridine rings is 1. The number of halogens is 1. The summed E-state index contributed by atoms with van der Waals surface area (Å²) in [4.78, 5) is 4.10. The van der Waals surface area contributed by atoms with Crippen LogP contribution in [0.5, 0.6) is 0 Å². The van der Waals surface area contributed by atoms with Gasteiger partial charge >= 0.3 is 0 Å². The lowest BCUT2D eigenvalue weighted by molar-refractivity contribution is 0.629. The molecule has 1 aromatic carbocycles. The van der Waals surface area contributed by atoms with E-state index in [1.165, 1.54) is 0 Å². The number of nitrogens with zero attached hydrogens (tertiary/aromatic N) is 1. The van der Waals surface area contributed by atoms with Crippen molar-refractivity contribution in [1.29, 1.82) is 0 Å². The molecule has 2 rings (SSSR count). The highest BCUT2D eigenvalue weighted by Gasteiger charge is 2.06. The molecule has 0 unspecified atom stereocenters. The minimum Gasteiger partial charge on any atom is -0.256 e.